The van der Waals surface area contributed by atoms with Crippen LogP contribution in [0.1, 0.15) is 19.8 Å². The number of benzene rings is 2. The molecule has 32 heavy (non-hydrogen) atoms. The highest BCUT2D eigenvalue weighted by atomic mass is 16.5. The molecule has 7 nitrogen and oxygen atoms in total. The number of hydrogen-bond donors (Lipinski definition) is 3. The average Bonchev–Trinajstić information content (AvgIpc) is 2.80. The van der Waals surface area contributed by atoms with Crippen LogP contribution in [0.25, 0.3) is 11.1 Å². The zero-order valence-electron chi connectivity index (χ0n) is 17.9. The van der Waals surface area contributed by atoms with Gasteiger partial charge in [-0.25, -0.2) is 4.98 Å². The lowest BCUT2D eigenvalue weighted by Crippen LogP contribution is -2.28. The van der Waals surface area contributed by atoms with Crippen LogP contribution in [0.3, 0.4) is 0 Å². The van der Waals surface area contributed by atoms with Crippen molar-refractivity contribution in [3.8, 4) is 11.1 Å². The molecule has 3 N–H and O–H groups in total. The van der Waals surface area contributed by atoms with E-state index in [1.54, 1.807) is 6.20 Å². The number of anilines is 4. The number of carbonyl (C=O) groups is 2. The Morgan fingerprint density at radius 1 is 0.875 bits per heavy atom. The van der Waals surface area contributed by atoms with Crippen molar-refractivity contribution in [3.63, 3.8) is 0 Å². The van der Waals surface area contributed by atoms with Gasteiger partial charge >= 0.3 is 0 Å². The van der Waals surface area contributed by atoms with Crippen LogP contribution in [0.2, 0.25) is 0 Å². The highest BCUT2D eigenvalue weighted by Gasteiger charge is 2.22. The number of carbonyl (C=O) groups excluding carboxylic acids is 2. The van der Waals surface area contributed by atoms with E-state index in [1.807, 2.05) is 60.7 Å². The second kappa shape index (κ2) is 10.1. The highest BCUT2D eigenvalue weighted by molar-refractivity contribution is 5.93. The second-order valence-corrected chi connectivity index (χ2v) is 7.78. The monoisotopic (exact) mass is 430 g/mol. The number of ether oxygens (including phenoxy) is 1. The number of nitrogens with zero attached hydrogens (tertiary/aromatic N) is 1. The van der Waals surface area contributed by atoms with Crippen LogP contribution >= 0.6 is 0 Å². The van der Waals surface area contributed by atoms with Crippen molar-refractivity contribution < 1.29 is 14.3 Å². The Hall–Kier alpha value is -3.71. The zero-order valence-corrected chi connectivity index (χ0v) is 17.9. The third-order valence-corrected chi connectivity index (χ3v) is 5.25. The first-order valence-electron chi connectivity index (χ1n) is 10.7. The van der Waals surface area contributed by atoms with Gasteiger partial charge in [0.2, 0.25) is 11.8 Å². The fourth-order valence-corrected chi connectivity index (χ4v) is 3.70. The van der Waals surface area contributed by atoms with Crippen molar-refractivity contribution in [1.82, 2.24) is 4.98 Å². The molecule has 1 aliphatic heterocycles. The molecule has 0 aliphatic carbocycles. The molecular formula is C25H26N4O3. The fourth-order valence-electron chi connectivity index (χ4n) is 3.70. The smallest absolute Gasteiger partial charge is 0.228 e. The van der Waals surface area contributed by atoms with Crippen LogP contribution in [0.15, 0.2) is 66.9 Å². The predicted octanol–water partition coefficient (Wildman–Crippen LogP) is 4.82. The number of aromatic nitrogens is 1. The summed E-state index contributed by atoms with van der Waals surface area (Å²) in [6, 6.07) is 19.3. The first-order chi connectivity index (χ1) is 15.6. The van der Waals surface area contributed by atoms with E-state index in [0.29, 0.717) is 24.7 Å². The number of pyridine rings is 1. The van der Waals surface area contributed by atoms with Gasteiger partial charge in [-0.05, 0) is 66.4 Å². The molecule has 0 radical (unpaired) electrons. The number of para-hydroxylation sites is 1. The molecule has 0 saturated carbocycles. The molecule has 1 fully saturated rings. The summed E-state index contributed by atoms with van der Waals surface area (Å²) in [6.45, 7) is 2.70. The van der Waals surface area contributed by atoms with Crippen molar-refractivity contribution >= 4 is 34.7 Å². The molecule has 4 rings (SSSR count). The molecule has 1 aliphatic rings. The van der Waals surface area contributed by atoms with Gasteiger partial charge in [0.05, 0.1) is 0 Å². The summed E-state index contributed by atoms with van der Waals surface area (Å²) in [6.07, 6.45) is 3.11. The van der Waals surface area contributed by atoms with Crippen molar-refractivity contribution in [3.05, 3.63) is 66.9 Å². The Kier molecular flexibility index (Phi) is 6.77. The summed E-state index contributed by atoms with van der Waals surface area (Å²) in [5.41, 5.74) is 4.22. The maximum absolute atomic E-state index is 12.6. The molecule has 0 bridgehead atoms. The quantitative estimate of drug-likeness (QED) is 0.522. The molecule has 1 saturated heterocycles. The summed E-state index contributed by atoms with van der Waals surface area (Å²) in [5, 5.41) is 9.16. The lowest BCUT2D eigenvalue weighted by molar-refractivity contribution is -0.122. The molecule has 0 spiro atoms. The van der Waals surface area contributed by atoms with E-state index in [1.165, 1.54) is 6.92 Å². The molecule has 2 aromatic carbocycles. The molecule has 2 amide bonds. The average molecular weight is 431 g/mol. The van der Waals surface area contributed by atoms with E-state index < -0.39 is 0 Å². The number of hydrogen-bond acceptors (Lipinski definition) is 5. The van der Waals surface area contributed by atoms with E-state index in [9.17, 15) is 9.59 Å². The molecule has 1 aromatic heterocycles. The van der Waals surface area contributed by atoms with E-state index in [4.69, 9.17) is 4.74 Å². The molecule has 2 heterocycles. The van der Waals surface area contributed by atoms with Crippen molar-refractivity contribution in [1.29, 1.82) is 0 Å². The van der Waals surface area contributed by atoms with Gasteiger partial charge < -0.3 is 20.7 Å². The summed E-state index contributed by atoms with van der Waals surface area (Å²) in [4.78, 5) is 28.6. The Labute approximate surface area is 187 Å². The summed E-state index contributed by atoms with van der Waals surface area (Å²) >= 11 is 0. The minimum Gasteiger partial charge on any atom is -0.381 e. The van der Waals surface area contributed by atoms with Gasteiger partial charge in [-0.1, -0.05) is 18.2 Å². The zero-order chi connectivity index (χ0) is 22.3. The number of amides is 2. The maximum atomic E-state index is 12.6. The van der Waals surface area contributed by atoms with E-state index in [-0.39, 0.29) is 17.7 Å². The van der Waals surface area contributed by atoms with Crippen LogP contribution in [0.4, 0.5) is 22.9 Å². The van der Waals surface area contributed by atoms with Crippen molar-refractivity contribution in [2.45, 2.75) is 19.8 Å². The largest absolute Gasteiger partial charge is 0.381 e. The van der Waals surface area contributed by atoms with Gasteiger partial charge in [0.25, 0.3) is 0 Å². The van der Waals surface area contributed by atoms with Crippen LogP contribution in [0.5, 0.6) is 0 Å². The SMILES string of the molecule is CC(=O)Nc1cc(Nc2ccccc2)cc(-c2ccnc(NC(=O)C3CCOCC3)c2)c1. The topological polar surface area (TPSA) is 92.4 Å². The van der Waals surface area contributed by atoms with Gasteiger partial charge in [0, 0.05) is 49.3 Å². The molecule has 164 valence electrons. The fraction of sp³-hybridized carbons (Fsp3) is 0.240. The van der Waals surface area contributed by atoms with Gasteiger partial charge in [-0.2, -0.15) is 0 Å². The van der Waals surface area contributed by atoms with E-state index in [2.05, 4.69) is 20.9 Å². The number of rotatable bonds is 6. The summed E-state index contributed by atoms with van der Waals surface area (Å²) < 4.78 is 5.34. The van der Waals surface area contributed by atoms with E-state index in [0.717, 1.165) is 35.3 Å². The lowest BCUT2D eigenvalue weighted by Gasteiger charge is -2.21. The Bertz CT molecular complexity index is 1100. The van der Waals surface area contributed by atoms with Crippen LogP contribution in [-0.4, -0.2) is 30.0 Å². The first-order valence-corrected chi connectivity index (χ1v) is 10.7. The van der Waals surface area contributed by atoms with Gasteiger partial charge in [-0.3, -0.25) is 9.59 Å². The minimum atomic E-state index is -0.146. The van der Waals surface area contributed by atoms with Gasteiger partial charge in [-0.15, -0.1) is 0 Å². The maximum Gasteiger partial charge on any atom is 0.228 e. The van der Waals surface area contributed by atoms with Gasteiger partial charge in [0.15, 0.2) is 0 Å². The third-order valence-electron chi connectivity index (χ3n) is 5.25. The summed E-state index contributed by atoms with van der Waals surface area (Å²) in [7, 11) is 0. The van der Waals surface area contributed by atoms with Crippen molar-refractivity contribution in [2.75, 3.05) is 29.2 Å². The molecule has 0 atom stereocenters. The third kappa shape index (κ3) is 5.70. The molecule has 0 unspecified atom stereocenters. The minimum absolute atomic E-state index is 0.0311. The Morgan fingerprint density at radius 3 is 2.38 bits per heavy atom. The molecule has 3 aromatic rings. The van der Waals surface area contributed by atoms with Crippen LogP contribution in [-0.2, 0) is 14.3 Å². The number of nitrogens with one attached hydrogen (secondary N) is 3. The lowest BCUT2D eigenvalue weighted by atomic mass is 9.99. The Morgan fingerprint density at radius 2 is 1.62 bits per heavy atom. The molecular weight excluding hydrogens is 404 g/mol. The van der Waals surface area contributed by atoms with Crippen LogP contribution in [0, 0.1) is 5.92 Å². The van der Waals surface area contributed by atoms with Crippen molar-refractivity contribution in [2.24, 2.45) is 5.92 Å². The molecule has 7 heteroatoms. The predicted molar refractivity (Wildman–Crippen MR) is 126 cm³/mol. The standard InChI is InChI=1S/C25H26N4O3/c1-17(30)27-22-13-20(14-23(16-22)28-21-5-3-2-4-6-21)19-7-10-26-24(15-19)29-25(31)18-8-11-32-12-9-18/h2-7,10,13-16,18,28H,8-9,11-12H2,1H3,(H,27,30)(H,26,29,31). The first kappa shape index (κ1) is 21.5. The summed E-state index contributed by atoms with van der Waals surface area (Å²) in [5.74, 6) is 0.267. The second-order valence-electron chi connectivity index (χ2n) is 7.78. The normalized spacial score (nSPS) is 13.9. The van der Waals surface area contributed by atoms with Gasteiger partial charge in [0.1, 0.15) is 5.82 Å². The highest BCUT2D eigenvalue weighted by Crippen LogP contribution is 2.30. The van der Waals surface area contributed by atoms with Crippen LogP contribution < -0.4 is 16.0 Å². The van der Waals surface area contributed by atoms with E-state index >= 15 is 0 Å². The Balaban J connectivity index is 1.60.